The lowest BCUT2D eigenvalue weighted by Crippen LogP contribution is -2.42. The quantitative estimate of drug-likeness (QED) is 0.424. The van der Waals surface area contributed by atoms with Gasteiger partial charge in [0.05, 0.1) is 6.54 Å². The highest BCUT2D eigenvalue weighted by Gasteiger charge is 2.21. The molecule has 0 aliphatic carbocycles. The molecule has 1 aromatic heterocycles. The first-order valence-electron chi connectivity index (χ1n) is 11.6. The Labute approximate surface area is 199 Å². The van der Waals surface area contributed by atoms with E-state index < -0.39 is 11.2 Å². The number of nitrogens with one attached hydrogen (secondary N) is 2. The fourth-order valence-corrected chi connectivity index (χ4v) is 3.80. The first-order chi connectivity index (χ1) is 16.3. The molecule has 0 saturated carbocycles. The van der Waals surface area contributed by atoms with E-state index in [1.165, 1.54) is 4.57 Å². The average molecular weight is 464 g/mol. The molecule has 1 amide bonds. The molecule has 0 aliphatic heterocycles. The van der Waals surface area contributed by atoms with Crippen LogP contribution in [0.2, 0.25) is 0 Å². The highest BCUT2D eigenvalue weighted by Crippen LogP contribution is 2.22. The average Bonchev–Trinajstić information content (AvgIpc) is 2.81. The molecule has 8 heteroatoms. The molecule has 0 atom stereocenters. The van der Waals surface area contributed by atoms with Gasteiger partial charge >= 0.3 is 5.69 Å². The van der Waals surface area contributed by atoms with E-state index in [2.05, 4.69) is 10.3 Å². The first-order valence-corrected chi connectivity index (χ1v) is 11.6. The Bertz CT molecular complexity index is 1210. The van der Waals surface area contributed by atoms with Crippen molar-refractivity contribution in [2.45, 2.75) is 40.2 Å². The zero-order chi connectivity index (χ0) is 24.7. The number of nitrogens with two attached hydrogens (primary N) is 1. The summed E-state index contributed by atoms with van der Waals surface area (Å²) in [6.07, 6.45) is 1.64. The van der Waals surface area contributed by atoms with Crippen LogP contribution in [-0.4, -0.2) is 28.5 Å². The van der Waals surface area contributed by atoms with Crippen LogP contribution in [0.1, 0.15) is 33.6 Å². The molecule has 0 saturated heterocycles. The zero-order valence-electron chi connectivity index (χ0n) is 20.0. The summed E-state index contributed by atoms with van der Waals surface area (Å²) in [5, 5.41) is 2.89. The number of aromatic amines is 1. The van der Waals surface area contributed by atoms with Crippen LogP contribution < -0.4 is 27.2 Å². The molecule has 0 radical (unpaired) electrons. The maximum atomic E-state index is 12.9. The molecule has 34 heavy (non-hydrogen) atoms. The van der Waals surface area contributed by atoms with Crippen molar-refractivity contribution in [3.05, 3.63) is 75.4 Å². The predicted octanol–water partition coefficient (Wildman–Crippen LogP) is 3.69. The van der Waals surface area contributed by atoms with Crippen LogP contribution in [0.15, 0.2) is 64.2 Å². The van der Waals surface area contributed by atoms with E-state index >= 15 is 0 Å². The lowest BCUT2D eigenvalue weighted by Gasteiger charge is -2.26. The summed E-state index contributed by atoms with van der Waals surface area (Å²) in [6.45, 7) is 6.72. The molecular weight excluding hydrogens is 430 g/mol. The van der Waals surface area contributed by atoms with Crippen LogP contribution >= 0.6 is 0 Å². The van der Waals surface area contributed by atoms with Gasteiger partial charge in [-0.2, -0.15) is 0 Å². The van der Waals surface area contributed by atoms with Crippen molar-refractivity contribution >= 4 is 23.1 Å². The molecule has 3 aromatic rings. The predicted molar refractivity (Wildman–Crippen MR) is 138 cm³/mol. The van der Waals surface area contributed by atoms with E-state index in [0.717, 1.165) is 24.0 Å². The third-order valence-corrected chi connectivity index (χ3v) is 5.47. The topological polar surface area (TPSA) is 113 Å². The lowest BCUT2D eigenvalue weighted by molar-refractivity contribution is -0.115. The molecule has 180 valence electrons. The number of amides is 1. The monoisotopic (exact) mass is 463 g/mol. The maximum Gasteiger partial charge on any atom is 0.330 e. The van der Waals surface area contributed by atoms with E-state index in [4.69, 9.17) is 5.73 Å². The summed E-state index contributed by atoms with van der Waals surface area (Å²) in [7, 11) is 0. The molecule has 0 bridgehead atoms. The summed E-state index contributed by atoms with van der Waals surface area (Å²) in [6, 6.07) is 17.6. The number of carbonyl (C=O) groups is 1. The highest BCUT2D eigenvalue weighted by molar-refractivity contribution is 5.94. The standard InChI is InChI=1S/C26H33N5O3/c1-4-5-15-30(23-24(27)31(16-18(2)3)26(34)29-25(23)33)17-22(32)28-21-13-11-20(12-14-21)19-9-7-6-8-10-19/h6-14,18H,4-5,15-17,27H2,1-3H3,(H,28,32)(H,29,33,34). The van der Waals surface area contributed by atoms with Crippen molar-refractivity contribution < 1.29 is 4.79 Å². The Morgan fingerprint density at radius 2 is 1.71 bits per heavy atom. The van der Waals surface area contributed by atoms with Crippen molar-refractivity contribution in [1.82, 2.24) is 9.55 Å². The van der Waals surface area contributed by atoms with Gasteiger partial charge in [-0.25, -0.2) is 4.79 Å². The van der Waals surface area contributed by atoms with Gasteiger partial charge < -0.3 is 16.0 Å². The number of carbonyl (C=O) groups excluding carboxylic acids is 1. The maximum absolute atomic E-state index is 12.9. The second kappa shape index (κ2) is 11.4. The van der Waals surface area contributed by atoms with Crippen LogP contribution in [-0.2, 0) is 11.3 Å². The van der Waals surface area contributed by atoms with Crippen LogP contribution in [0.25, 0.3) is 11.1 Å². The minimum absolute atomic E-state index is 0.0619. The smallest absolute Gasteiger partial charge is 0.330 e. The Morgan fingerprint density at radius 1 is 1.06 bits per heavy atom. The molecule has 2 aromatic carbocycles. The molecule has 0 aliphatic rings. The molecule has 3 rings (SSSR count). The molecule has 1 heterocycles. The second-order valence-corrected chi connectivity index (χ2v) is 8.76. The molecule has 8 nitrogen and oxygen atoms in total. The van der Waals surface area contributed by atoms with Gasteiger partial charge in [0, 0.05) is 18.8 Å². The summed E-state index contributed by atoms with van der Waals surface area (Å²) in [5.41, 5.74) is 8.11. The minimum atomic E-state index is -0.585. The number of benzene rings is 2. The van der Waals surface area contributed by atoms with E-state index in [1.807, 2.05) is 75.4 Å². The number of H-pyrrole nitrogens is 1. The number of hydrogen-bond acceptors (Lipinski definition) is 5. The van der Waals surface area contributed by atoms with Crippen molar-refractivity contribution in [2.75, 3.05) is 29.0 Å². The van der Waals surface area contributed by atoms with Crippen LogP contribution in [0, 0.1) is 5.92 Å². The van der Waals surface area contributed by atoms with E-state index in [0.29, 0.717) is 18.8 Å². The zero-order valence-corrected chi connectivity index (χ0v) is 20.0. The lowest BCUT2D eigenvalue weighted by atomic mass is 10.1. The normalized spacial score (nSPS) is 10.9. The molecule has 0 fully saturated rings. The number of hydrogen-bond donors (Lipinski definition) is 3. The van der Waals surface area contributed by atoms with Crippen molar-refractivity contribution in [3.8, 4) is 11.1 Å². The van der Waals surface area contributed by atoms with Gasteiger partial charge in [-0.3, -0.25) is 19.1 Å². The summed E-state index contributed by atoms with van der Waals surface area (Å²) < 4.78 is 1.36. The Hall–Kier alpha value is -3.81. The minimum Gasteiger partial charge on any atom is -0.383 e. The van der Waals surface area contributed by atoms with Gasteiger partial charge in [0.2, 0.25) is 5.91 Å². The van der Waals surface area contributed by atoms with Crippen molar-refractivity contribution in [1.29, 1.82) is 0 Å². The largest absolute Gasteiger partial charge is 0.383 e. The van der Waals surface area contributed by atoms with Gasteiger partial charge in [0.25, 0.3) is 5.56 Å². The summed E-state index contributed by atoms with van der Waals surface area (Å²) in [4.78, 5) is 41.9. The fourth-order valence-electron chi connectivity index (χ4n) is 3.80. The van der Waals surface area contributed by atoms with Crippen LogP contribution in [0.5, 0.6) is 0 Å². The number of unbranched alkanes of at least 4 members (excludes halogenated alkanes) is 1. The number of nitrogen functional groups attached to an aromatic ring is 1. The second-order valence-electron chi connectivity index (χ2n) is 8.76. The van der Waals surface area contributed by atoms with E-state index in [9.17, 15) is 14.4 Å². The van der Waals surface area contributed by atoms with E-state index in [1.54, 1.807) is 4.90 Å². The highest BCUT2D eigenvalue weighted by atomic mass is 16.2. The molecule has 4 N–H and O–H groups in total. The van der Waals surface area contributed by atoms with Crippen molar-refractivity contribution in [3.63, 3.8) is 0 Å². The van der Waals surface area contributed by atoms with Gasteiger partial charge in [-0.05, 0) is 35.6 Å². The van der Waals surface area contributed by atoms with Gasteiger partial charge in [-0.1, -0.05) is 69.7 Å². The molecule has 0 unspecified atom stereocenters. The van der Waals surface area contributed by atoms with Crippen LogP contribution in [0.4, 0.5) is 17.2 Å². The molecule has 0 spiro atoms. The van der Waals surface area contributed by atoms with Gasteiger partial charge in [0.15, 0.2) is 0 Å². The SMILES string of the molecule is CCCCN(CC(=O)Nc1ccc(-c2ccccc2)cc1)c1c(N)n(CC(C)C)c(=O)[nH]c1=O. The Morgan fingerprint density at radius 3 is 2.32 bits per heavy atom. The molecular formula is C26H33N5O3. The van der Waals surface area contributed by atoms with Gasteiger partial charge in [0.1, 0.15) is 11.5 Å². The Kier molecular flexibility index (Phi) is 8.29. The number of nitrogens with zero attached hydrogens (tertiary/aromatic N) is 2. The van der Waals surface area contributed by atoms with E-state index in [-0.39, 0.29) is 29.9 Å². The fraction of sp³-hybridized carbons (Fsp3) is 0.346. The summed E-state index contributed by atoms with van der Waals surface area (Å²) in [5.74, 6) is -0.0347. The number of anilines is 3. The van der Waals surface area contributed by atoms with Crippen molar-refractivity contribution in [2.24, 2.45) is 5.92 Å². The van der Waals surface area contributed by atoms with Crippen LogP contribution in [0.3, 0.4) is 0 Å². The third-order valence-electron chi connectivity index (χ3n) is 5.47. The third kappa shape index (κ3) is 6.15. The first kappa shape index (κ1) is 24.8. The number of rotatable bonds is 10. The number of aromatic nitrogens is 2. The summed E-state index contributed by atoms with van der Waals surface area (Å²) >= 11 is 0. The Balaban J connectivity index is 1.81. The van der Waals surface area contributed by atoms with Gasteiger partial charge in [-0.15, -0.1) is 0 Å².